The number of ether oxygens (including phenoxy) is 1. The predicted molar refractivity (Wildman–Crippen MR) is 76.2 cm³/mol. The van der Waals surface area contributed by atoms with Crippen molar-refractivity contribution < 1.29 is 14.2 Å². The average Bonchev–Trinajstić information content (AvgIpc) is 2.60. The van der Waals surface area contributed by atoms with Crippen molar-refractivity contribution in [3.05, 3.63) is 29.6 Å². The predicted octanol–water partition coefficient (Wildman–Crippen LogP) is 4.37. The molecule has 1 aliphatic carbocycles. The van der Waals surface area contributed by atoms with Crippen LogP contribution in [-0.2, 0) is 0 Å². The largest absolute Gasteiger partial charge is 0.487 e. The fraction of sp³-hybridized carbons (Fsp3) is 0.647. The van der Waals surface area contributed by atoms with Gasteiger partial charge in [-0.2, -0.15) is 0 Å². The van der Waals surface area contributed by atoms with Crippen LogP contribution in [0.4, 0.5) is 4.39 Å². The Hall–Kier alpha value is -1.09. The Morgan fingerprint density at radius 1 is 1.35 bits per heavy atom. The number of rotatable bonds is 1. The van der Waals surface area contributed by atoms with Gasteiger partial charge in [0.1, 0.15) is 17.2 Å². The van der Waals surface area contributed by atoms with E-state index in [9.17, 15) is 9.50 Å². The molecule has 1 saturated carbocycles. The maximum Gasteiger partial charge on any atom is 0.128 e. The Morgan fingerprint density at radius 2 is 2.20 bits per heavy atom. The molecule has 1 heterocycles. The highest BCUT2D eigenvalue weighted by molar-refractivity contribution is 5.38. The van der Waals surface area contributed by atoms with Gasteiger partial charge >= 0.3 is 0 Å². The van der Waals surface area contributed by atoms with Gasteiger partial charge in [-0.05, 0) is 43.7 Å². The van der Waals surface area contributed by atoms with Crippen LogP contribution in [0, 0.1) is 11.7 Å². The Labute approximate surface area is 120 Å². The molecule has 2 unspecified atom stereocenters. The molecular weight excluding hydrogens is 255 g/mol. The maximum absolute atomic E-state index is 13.4. The number of aliphatic hydroxyl groups excluding tert-OH is 1. The van der Waals surface area contributed by atoms with Crippen LogP contribution in [0.2, 0.25) is 0 Å². The zero-order chi connectivity index (χ0) is 14.2. The lowest BCUT2D eigenvalue weighted by Gasteiger charge is -2.40. The van der Waals surface area contributed by atoms with Crippen molar-refractivity contribution in [3.63, 3.8) is 0 Å². The summed E-state index contributed by atoms with van der Waals surface area (Å²) < 4.78 is 19.6. The van der Waals surface area contributed by atoms with E-state index in [0.717, 1.165) is 37.2 Å². The van der Waals surface area contributed by atoms with E-state index >= 15 is 0 Å². The zero-order valence-electron chi connectivity index (χ0n) is 12.1. The van der Waals surface area contributed by atoms with E-state index in [1.54, 1.807) is 6.07 Å². The Balaban J connectivity index is 1.86. The van der Waals surface area contributed by atoms with Crippen LogP contribution in [0.1, 0.15) is 63.5 Å². The first-order valence-corrected chi connectivity index (χ1v) is 7.78. The molecule has 0 aromatic heterocycles. The summed E-state index contributed by atoms with van der Waals surface area (Å²) in [4.78, 5) is 0. The van der Waals surface area contributed by atoms with Crippen LogP contribution in [-0.4, -0.2) is 10.7 Å². The second-order valence-electron chi connectivity index (χ2n) is 6.39. The number of fused-ring (bicyclic) bond motifs is 1. The zero-order valence-corrected chi connectivity index (χ0v) is 12.1. The summed E-state index contributed by atoms with van der Waals surface area (Å²) in [5.74, 6) is 1.01. The van der Waals surface area contributed by atoms with Gasteiger partial charge in [0.2, 0.25) is 0 Å². The van der Waals surface area contributed by atoms with Crippen LogP contribution < -0.4 is 4.74 Å². The third-order valence-electron chi connectivity index (χ3n) is 5.06. The minimum absolute atomic E-state index is 0.288. The molecule has 0 bridgehead atoms. The topological polar surface area (TPSA) is 29.5 Å². The molecule has 0 amide bonds. The van der Waals surface area contributed by atoms with Gasteiger partial charge in [-0.25, -0.2) is 4.39 Å². The third-order valence-corrected chi connectivity index (χ3v) is 5.06. The number of hydrogen-bond acceptors (Lipinski definition) is 2. The van der Waals surface area contributed by atoms with E-state index in [1.165, 1.54) is 25.0 Å². The maximum atomic E-state index is 13.4. The van der Waals surface area contributed by atoms with Crippen molar-refractivity contribution in [2.75, 3.05) is 0 Å². The fourth-order valence-electron chi connectivity index (χ4n) is 3.77. The quantitative estimate of drug-likeness (QED) is 0.826. The number of benzene rings is 1. The summed E-state index contributed by atoms with van der Waals surface area (Å²) >= 11 is 0. The average molecular weight is 278 g/mol. The van der Waals surface area contributed by atoms with Gasteiger partial charge in [-0.1, -0.05) is 19.8 Å². The number of aliphatic hydroxyl groups is 1. The van der Waals surface area contributed by atoms with Gasteiger partial charge in [-0.15, -0.1) is 0 Å². The van der Waals surface area contributed by atoms with Crippen LogP contribution in [0.15, 0.2) is 18.2 Å². The van der Waals surface area contributed by atoms with E-state index in [0.29, 0.717) is 12.2 Å². The molecule has 1 N–H and O–H groups in total. The van der Waals surface area contributed by atoms with Crippen molar-refractivity contribution in [2.45, 2.75) is 63.6 Å². The molecule has 1 aromatic rings. The molecule has 110 valence electrons. The SMILES string of the molecule is CCC1CCCC2(CC1)C[C@H](O)c1ccc(F)cc1O2. The standard InChI is InChI=1S/C17H23FO2/c1-2-12-4-3-8-17(9-7-12)11-15(19)14-6-5-13(18)10-16(14)20-17/h5-6,10,12,15,19H,2-4,7-9,11H2,1H3/t12?,15-,17?/m0/s1. The van der Waals surface area contributed by atoms with E-state index in [2.05, 4.69) is 6.92 Å². The third kappa shape index (κ3) is 2.56. The highest BCUT2D eigenvalue weighted by atomic mass is 19.1. The summed E-state index contributed by atoms with van der Waals surface area (Å²) in [5.41, 5.74) is 0.442. The summed E-state index contributed by atoms with van der Waals surface area (Å²) in [6.07, 6.45) is 6.79. The second kappa shape index (κ2) is 5.36. The van der Waals surface area contributed by atoms with Crippen molar-refractivity contribution in [1.29, 1.82) is 0 Å². The molecule has 2 nitrogen and oxygen atoms in total. The highest BCUT2D eigenvalue weighted by Gasteiger charge is 2.41. The molecule has 1 aliphatic heterocycles. The molecule has 1 spiro atoms. The van der Waals surface area contributed by atoms with Crippen molar-refractivity contribution >= 4 is 0 Å². The number of halogens is 1. The molecule has 1 aromatic carbocycles. The first-order valence-electron chi connectivity index (χ1n) is 7.78. The summed E-state index contributed by atoms with van der Waals surface area (Å²) in [5, 5.41) is 10.4. The normalized spacial score (nSPS) is 33.4. The number of hydrogen-bond donors (Lipinski definition) is 1. The minimum Gasteiger partial charge on any atom is -0.487 e. The fourth-order valence-corrected chi connectivity index (χ4v) is 3.77. The monoisotopic (exact) mass is 278 g/mol. The minimum atomic E-state index is -0.530. The lowest BCUT2D eigenvalue weighted by atomic mass is 9.83. The van der Waals surface area contributed by atoms with Crippen LogP contribution in [0.25, 0.3) is 0 Å². The van der Waals surface area contributed by atoms with Crippen molar-refractivity contribution in [2.24, 2.45) is 5.92 Å². The molecule has 3 atom stereocenters. The van der Waals surface area contributed by atoms with E-state index in [1.807, 2.05) is 0 Å². The molecule has 3 rings (SSSR count). The molecule has 0 radical (unpaired) electrons. The highest BCUT2D eigenvalue weighted by Crippen LogP contribution is 2.46. The summed E-state index contributed by atoms with van der Waals surface area (Å²) in [6, 6.07) is 4.46. The first-order chi connectivity index (χ1) is 9.62. The van der Waals surface area contributed by atoms with E-state index < -0.39 is 6.10 Å². The molecule has 0 saturated heterocycles. The van der Waals surface area contributed by atoms with Gasteiger partial charge < -0.3 is 9.84 Å². The van der Waals surface area contributed by atoms with Gasteiger partial charge in [0.05, 0.1) is 6.10 Å². The van der Waals surface area contributed by atoms with Gasteiger partial charge in [0, 0.05) is 18.1 Å². The molecular formula is C17H23FO2. The molecule has 1 fully saturated rings. The van der Waals surface area contributed by atoms with Gasteiger partial charge in [0.15, 0.2) is 0 Å². The Morgan fingerprint density at radius 3 is 3.00 bits per heavy atom. The summed E-state index contributed by atoms with van der Waals surface area (Å²) in [6.45, 7) is 2.24. The smallest absolute Gasteiger partial charge is 0.128 e. The van der Waals surface area contributed by atoms with Crippen LogP contribution in [0.3, 0.4) is 0 Å². The lowest BCUT2D eigenvalue weighted by molar-refractivity contribution is -0.0253. The van der Waals surface area contributed by atoms with Crippen LogP contribution >= 0.6 is 0 Å². The summed E-state index contributed by atoms with van der Waals surface area (Å²) in [7, 11) is 0. The molecule has 3 heteroatoms. The Bertz CT molecular complexity index is 488. The Kier molecular flexibility index (Phi) is 3.72. The van der Waals surface area contributed by atoms with Crippen molar-refractivity contribution in [1.82, 2.24) is 0 Å². The van der Waals surface area contributed by atoms with Crippen molar-refractivity contribution in [3.8, 4) is 5.75 Å². The second-order valence-corrected chi connectivity index (χ2v) is 6.39. The van der Waals surface area contributed by atoms with E-state index in [4.69, 9.17) is 4.74 Å². The van der Waals surface area contributed by atoms with E-state index in [-0.39, 0.29) is 11.4 Å². The molecule has 20 heavy (non-hydrogen) atoms. The van der Waals surface area contributed by atoms with Crippen LogP contribution in [0.5, 0.6) is 5.75 Å². The lowest BCUT2D eigenvalue weighted by Crippen LogP contribution is -2.40. The molecule has 2 aliphatic rings. The first kappa shape index (κ1) is 13.9. The van der Waals surface area contributed by atoms with Gasteiger partial charge in [0.25, 0.3) is 0 Å². The van der Waals surface area contributed by atoms with Gasteiger partial charge in [-0.3, -0.25) is 0 Å².